The van der Waals surface area contributed by atoms with Crippen molar-refractivity contribution in [3.63, 3.8) is 0 Å². The highest BCUT2D eigenvalue weighted by Gasteiger charge is 2.37. The largest absolute Gasteiger partial charge is 0.395 e. The van der Waals surface area contributed by atoms with Gasteiger partial charge in [-0.2, -0.15) is 0 Å². The Labute approximate surface area is 80.9 Å². The van der Waals surface area contributed by atoms with Crippen LogP contribution in [0.1, 0.15) is 33.6 Å². The van der Waals surface area contributed by atoms with Gasteiger partial charge >= 0.3 is 0 Å². The van der Waals surface area contributed by atoms with Crippen LogP contribution >= 0.6 is 0 Å². The average molecular weight is 186 g/mol. The van der Waals surface area contributed by atoms with Crippen LogP contribution in [0.5, 0.6) is 0 Å². The molecule has 1 saturated heterocycles. The van der Waals surface area contributed by atoms with Crippen molar-refractivity contribution in [3.8, 4) is 0 Å². The summed E-state index contributed by atoms with van der Waals surface area (Å²) in [5.41, 5.74) is 6.06. The maximum absolute atomic E-state index is 9.27. The van der Waals surface area contributed by atoms with Gasteiger partial charge in [0.1, 0.15) is 0 Å². The highest BCUT2D eigenvalue weighted by Crippen LogP contribution is 2.30. The maximum atomic E-state index is 9.27. The van der Waals surface area contributed by atoms with Crippen molar-refractivity contribution in [2.24, 2.45) is 5.73 Å². The molecule has 0 aromatic heterocycles. The van der Waals surface area contributed by atoms with Crippen molar-refractivity contribution in [2.45, 2.75) is 51.2 Å². The molecule has 1 fully saturated rings. The van der Waals surface area contributed by atoms with Gasteiger partial charge in [-0.3, -0.25) is 4.90 Å². The monoisotopic (exact) mass is 186 g/mol. The predicted molar refractivity (Wildman–Crippen MR) is 54.5 cm³/mol. The Balaban J connectivity index is 2.68. The number of rotatable bonds is 3. The average Bonchev–Trinajstić information content (AvgIpc) is 2.32. The van der Waals surface area contributed by atoms with Crippen LogP contribution in [0.25, 0.3) is 0 Å². The summed E-state index contributed by atoms with van der Waals surface area (Å²) in [6.07, 6.45) is 2.42. The summed E-state index contributed by atoms with van der Waals surface area (Å²) >= 11 is 0. The van der Waals surface area contributed by atoms with E-state index in [9.17, 15) is 5.11 Å². The summed E-state index contributed by atoms with van der Waals surface area (Å²) in [7, 11) is 0. The SMILES string of the molecule is CC(N)C(CO)N1CCCC1(C)C. The van der Waals surface area contributed by atoms with Crippen molar-refractivity contribution in [3.05, 3.63) is 0 Å². The lowest BCUT2D eigenvalue weighted by atomic mass is 9.99. The molecule has 1 aliphatic heterocycles. The highest BCUT2D eigenvalue weighted by molar-refractivity contribution is 4.94. The molecule has 1 rings (SSSR count). The standard InChI is InChI=1S/C10H22N2O/c1-8(11)9(7-13)12-6-4-5-10(12,2)3/h8-9,13H,4-7,11H2,1-3H3. The number of aliphatic hydroxyl groups excluding tert-OH is 1. The van der Waals surface area contributed by atoms with Gasteiger partial charge in [0.2, 0.25) is 0 Å². The molecule has 2 unspecified atom stereocenters. The molecule has 2 atom stereocenters. The van der Waals surface area contributed by atoms with Gasteiger partial charge in [-0.15, -0.1) is 0 Å². The van der Waals surface area contributed by atoms with Crippen molar-refractivity contribution in [2.75, 3.05) is 13.2 Å². The van der Waals surface area contributed by atoms with Crippen molar-refractivity contribution < 1.29 is 5.11 Å². The molecule has 78 valence electrons. The predicted octanol–water partition coefficient (Wildman–Crippen LogP) is 0.569. The Hall–Kier alpha value is -0.120. The van der Waals surface area contributed by atoms with E-state index < -0.39 is 0 Å². The van der Waals surface area contributed by atoms with Crippen LogP contribution in [0.15, 0.2) is 0 Å². The molecule has 0 aromatic carbocycles. The van der Waals surface area contributed by atoms with Gasteiger partial charge in [0, 0.05) is 17.6 Å². The number of aliphatic hydroxyl groups is 1. The van der Waals surface area contributed by atoms with Crippen molar-refractivity contribution in [1.82, 2.24) is 4.90 Å². The van der Waals surface area contributed by atoms with Gasteiger partial charge in [0.25, 0.3) is 0 Å². The molecular formula is C10H22N2O. The number of nitrogens with zero attached hydrogens (tertiary/aromatic N) is 1. The Bertz CT molecular complexity index is 168. The minimum absolute atomic E-state index is 0.0439. The van der Waals surface area contributed by atoms with Gasteiger partial charge < -0.3 is 10.8 Å². The molecule has 0 bridgehead atoms. The van der Waals surface area contributed by atoms with Crippen LogP contribution in [0.2, 0.25) is 0 Å². The fraction of sp³-hybridized carbons (Fsp3) is 1.00. The first-order chi connectivity index (χ1) is 5.99. The molecule has 0 spiro atoms. The molecule has 13 heavy (non-hydrogen) atoms. The number of nitrogens with two attached hydrogens (primary N) is 1. The zero-order valence-electron chi connectivity index (χ0n) is 8.95. The molecule has 0 saturated carbocycles. The molecule has 3 nitrogen and oxygen atoms in total. The van der Waals surface area contributed by atoms with Crippen LogP contribution in [-0.4, -0.2) is 40.8 Å². The highest BCUT2D eigenvalue weighted by atomic mass is 16.3. The molecule has 0 aliphatic carbocycles. The molecule has 0 amide bonds. The minimum Gasteiger partial charge on any atom is -0.395 e. The van der Waals surface area contributed by atoms with E-state index in [1.807, 2.05) is 6.92 Å². The quantitative estimate of drug-likeness (QED) is 0.677. The fourth-order valence-corrected chi connectivity index (χ4v) is 2.29. The number of likely N-dealkylation sites (tertiary alicyclic amines) is 1. The molecule has 1 heterocycles. The third-order valence-corrected chi connectivity index (χ3v) is 3.16. The Morgan fingerprint density at radius 1 is 1.54 bits per heavy atom. The third-order valence-electron chi connectivity index (χ3n) is 3.16. The van der Waals surface area contributed by atoms with E-state index in [1.165, 1.54) is 12.8 Å². The lowest BCUT2D eigenvalue weighted by molar-refractivity contribution is 0.0590. The number of hydrogen-bond acceptors (Lipinski definition) is 3. The van der Waals surface area contributed by atoms with E-state index in [0.29, 0.717) is 0 Å². The fourth-order valence-electron chi connectivity index (χ4n) is 2.29. The van der Waals surface area contributed by atoms with Crippen LogP contribution in [0.4, 0.5) is 0 Å². The molecule has 3 N–H and O–H groups in total. The van der Waals surface area contributed by atoms with Gasteiger partial charge in [-0.05, 0) is 40.2 Å². The van der Waals surface area contributed by atoms with E-state index in [1.54, 1.807) is 0 Å². The lowest BCUT2D eigenvalue weighted by Gasteiger charge is -2.39. The Morgan fingerprint density at radius 3 is 2.46 bits per heavy atom. The van der Waals surface area contributed by atoms with Crippen LogP contribution in [0.3, 0.4) is 0 Å². The molecule has 3 heteroatoms. The Kier molecular flexibility index (Phi) is 3.33. The normalized spacial score (nSPS) is 27.5. The summed E-state index contributed by atoms with van der Waals surface area (Å²) in [4.78, 5) is 2.34. The first-order valence-corrected chi connectivity index (χ1v) is 5.12. The lowest BCUT2D eigenvalue weighted by Crippen LogP contribution is -2.54. The second-order valence-electron chi connectivity index (χ2n) is 4.72. The summed E-state index contributed by atoms with van der Waals surface area (Å²) in [6.45, 7) is 7.66. The van der Waals surface area contributed by atoms with Gasteiger partial charge in [-0.25, -0.2) is 0 Å². The zero-order chi connectivity index (χ0) is 10.1. The summed E-state index contributed by atoms with van der Waals surface area (Å²) in [6, 6.07) is 0.167. The van der Waals surface area contributed by atoms with Gasteiger partial charge in [0.05, 0.1) is 6.61 Å². The zero-order valence-corrected chi connectivity index (χ0v) is 8.95. The topological polar surface area (TPSA) is 49.5 Å². The third kappa shape index (κ3) is 2.22. The summed E-state index contributed by atoms with van der Waals surface area (Å²) in [5.74, 6) is 0. The van der Waals surface area contributed by atoms with E-state index >= 15 is 0 Å². The smallest absolute Gasteiger partial charge is 0.0602 e. The first kappa shape index (κ1) is 11.0. The van der Waals surface area contributed by atoms with E-state index in [-0.39, 0.29) is 24.2 Å². The molecule has 0 radical (unpaired) electrons. The maximum Gasteiger partial charge on any atom is 0.0602 e. The van der Waals surface area contributed by atoms with Crippen molar-refractivity contribution in [1.29, 1.82) is 0 Å². The molecule has 0 aromatic rings. The molecule has 1 aliphatic rings. The van der Waals surface area contributed by atoms with Gasteiger partial charge in [0.15, 0.2) is 0 Å². The minimum atomic E-state index is 0.0439. The second-order valence-corrected chi connectivity index (χ2v) is 4.72. The van der Waals surface area contributed by atoms with E-state index in [0.717, 1.165) is 6.54 Å². The molecular weight excluding hydrogens is 164 g/mol. The summed E-state index contributed by atoms with van der Waals surface area (Å²) in [5, 5.41) is 9.27. The van der Waals surface area contributed by atoms with Gasteiger partial charge in [-0.1, -0.05) is 0 Å². The number of hydrogen-bond donors (Lipinski definition) is 2. The Morgan fingerprint density at radius 2 is 2.15 bits per heavy atom. The summed E-state index contributed by atoms with van der Waals surface area (Å²) < 4.78 is 0. The van der Waals surface area contributed by atoms with Crippen LogP contribution in [0, 0.1) is 0 Å². The van der Waals surface area contributed by atoms with Crippen LogP contribution < -0.4 is 5.73 Å². The van der Waals surface area contributed by atoms with E-state index in [4.69, 9.17) is 5.73 Å². The van der Waals surface area contributed by atoms with Crippen LogP contribution in [-0.2, 0) is 0 Å². The van der Waals surface area contributed by atoms with Crippen molar-refractivity contribution >= 4 is 0 Å². The first-order valence-electron chi connectivity index (χ1n) is 5.12. The van der Waals surface area contributed by atoms with E-state index in [2.05, 4.69) is 18.7 Å². The second kappa shape index (κ2) is 3.95.